The van der Waals surface area contributed by atoms with Crippen molar-refractivity contribution in [3.8, 4) is 0 Å². The standard InChI is InChI=1S/C16H19NO2S/c1-13-9-11-15(12-10-13)20(18,19)17-16(2,3)14-7-5-4-6-8-14/h4-12,17H,1-3H3. The first-order valence-corrected chi connectivity index (χ1v) is 7.96. The molecule has 4 heteroatoms. The smallest absolute Gasteiger partial charge is 0.207 e. The maximum Gasteiger partial charge on any atom is 0.241 e. The van der Waals surface area contributed by atoms with Crippen LogP contribution in [0.5, 0.6) is 0 Å². The van der Waals surface area contributed by atoms with E-state index in [0.717, 1.165) is 11.1 Å². The highest BCUT2D eigenvalue weighted by atomic mass is 32.2. The first-order chi connectivity index (χ1) is 9.31. The molecule has 0 heterocycles. The van der Waals surface area contributed by atoms with Crippen LogP contribution in [-0.4, -0.2) is 8.42 Å². The summed E-state index contributed by atoms with van der Waals surface area (Å²) in [6.45, 7) is 5.64. The molecule has 0 amide bonds. The van der Waals surface area contributed by atoms with Crippen molar-refractivity contribution in [2.75, 3.05) is 0 Å². The summed E-state index contributed by atoms with van der Waals surface area (Å²) in [4.78, 5) is 0.284. The topological polar surface area (TPSA) is 46.2 Å². The molecule has 2 aromatic carbocycles. The summed E-state index contributed by atoms with van der Waals surface area (Å²) < 4.78 is 27.6. The Kier molecular flexibility index (Phi) is 3.97. The molecule has 0 bridgehead atoms. The molecule has 0 aliphatic heterocycles. The van der Waals surface area contributed by atoms with Gasteiger partial charge in [-0.15, -0.1) is 0 Å². The van der Waals surface area contributed by atoms with Gasteiger partial charge in [-0.05, 0) is 38.5 Å². The molecule has 106 valence electrons. The highest BCUT2D eigenvalue weighted by Crippen LogP contribution is 2.23. The number of benzene rings is 2. The van der Waals surface area contributed by atoms with Crippen LogP contribution in [0.15, 0.2) is 59.5 Å². The number of sulfonamides is 1. The van der Waals surface area contributed by atoms with Crippen LogP contribution in [0.1, 0.15) is 25.0 Å². The summed E-state index contributed by atoms with van der Waals surface area (Å²) in [5.41, 5.74) is 1.30. The molecule has 1 N–H and O–H groups in total. The SMILES string of the molecule is Cc1ccc(S(=O)(=O)NC(C)(C)c2ccccc2)cc1. The maximum atomic E-state index is 12.4. The number of hydrogen-bond donors (Lipinski definition) is 1. The van der Waals surface area contributed by atoms with E-state index in [1.807, 2.05) is 51.1 Å². The van der Waals surface area contributed by atoms with Crippen LogP contribution in [0.4, 0.5) is 0 Å². The average Bonchev–Trinajstić information content (AvgIpc) is 2.39. The van der Waals surface area contributed by atoms with Crippen LogP contribution in [0.2, 0.25) is 0 Å². The third-order valence-corrected chi connectivity index (χ3v) is 4.89. The normalized spacial score (nSPS) is 12.3. The summed E-state index contributed by atoms with van der Waals surface area (Å²) in [7, 11) is -3.53. The third-order valence-electron chi connectivity index (χ3n) is 3.22. The molecule has 0 saturated heterocycles. The molecule has 0 aliphatic carbocycles. The largest absolute Gasteiger partial charge is 0.241 e. The molecule has 0 unspecified atom stereocenters. The Morgan fingerprint density at radius 1 is 0.900 bits per heavy atom. The van der Waals surface area contributed by atoms with E-state index in [1.165, 1.54) is 0 Å². The number of hydrogen-bond acceptors (Lipinski definition) is 2. The summed E-state index contributed by atoms with van der Waals surface area (Å²) >= 11 is 0. The second-order valence-electron chi connectivity index (χ2n) is 5.41. The fraction of sp³-hybridized carbons (Fsp3) is 0.250. The van der Waals surface area contributed by atoms with E-state index in [9.17, 15) is 8.42 Å². The molecule has 2 rings (SSSR count). The molecule has 2 aromatic rings. The molecule has 0 fully saturated rings. The number of rotatable bonds is 4. The Labute approximate surface area is 120 Å². The van der Waals surface area contributed by atoms with Crippen molar-refractivity contribution in [3.05, 3.63) is 65.7 Å². The van der Waals surface area contributed by atoms with Gasteiger partial charge in [0.1, 0.15) is 0 Å². The molecule has 0 aliphatic rings. The molecule has 20 heavy (non-hydrogen) atoms. The van der Waals surface area contributed by atoms with Gasteiger partial charge in [-0.1, -0.05) is 48.0 Å². The van der Waals surface area contributed by atoms with Gasteiger partial charge in [-0.3, -0.25) is 0 Å². The van der Waals surface area contributed by atoms with Crippen molar-refractivity contribution in [2.24, 2.45) is 0 Å². The van der Waals surface area contributed by atoms with Gasteiger partial charge in [0.15, 0.2) is 0 Å². The highest BCUT2D eigenvalue weighted by molar-refractivity contribution is 7.89. The van der Waals surface area contributed by atoms with E-state index in [-0.39, 0.29) is 4.90 Å². The molecule has 3 nitrogen and oxygen atoms in total. The summed E-state index contributed by atoms with van der Waals surface area (Å²) in [5, 5.41) is 0. The number of nitrogens with one attached hydrogen (secondary N) is 1. The minimum atomic E-state index is -3.53. The van der Waals surface area contributed by atoms with E-state index < -0.39 is 15.6 Å². The van der Waals surface area contributed by atoms with Gasteiger partial charge in [0.25, 0.3) is 0 Å². The van der Waals surface area contributed by atoms with Crippen molar-refractivity contribution in [1.29, 1.82) is 0 Å². The Morgan fingerprint density at radius 2 is 1.45 bits per heavy atom. The zero-order valence-corrected chi connectivity index (χ0v) is 12.7. The molecular formula is C16H19NO2S. The maximum absolute atomic E-state index is 12.4. The Balaban J connectivity index is 2.30. The van der Waals surface area contributed by atoms with E-state index in [1.54, 1.807) is 24.3 Å². The predicted octanol–water partition coefficient (Wildman–Crippen LogP) is 3.21. The van der Waals surface area contributed by atoms with Gasteiger partial charge < -0.3 is 0 Å². The minimum absolute atomic E-state index is 0.284. The zero-order chi connectivity index (χ0) is 14.8. The minimum Gasteiger partial charge on any atom is -0.207 e. The fourth-order valence-corrected chi connectivity index (χ4v) is 3.43. The quantitative estimate of drug-likeness (QED) is 0.939. The van der Waals surface area contributed by atoms with Crippen LogP contribution in [0.25, 0.3) is 0 Å². The lowest BCUT2D eigenvalue weighted by atomic mass is 9.96. The van der Waals surface area contributed by atoms with Crippen molar-refractivity contribution in [3.63, 3.8) is 0 Å². The molecule has 0 aromatic heterocycles. The van der Waals surface area contributed by atoms with E-state index in [2.05, 4.69) is 4.72 Å². The van der Waals surface area contributed by atoms with Crippen molar-refractivity contribution < 1.29 is 8.42 Å². The highest BCUT2D eigenvalue weighted by Gasteiger charge is 2.27. The molecule has 0 saturated carbocycles. The van der Waals surface area contributed by atoms with Gasteiger partial charge in [-0.2, -0.15) is 0 Å². The average molecular weight is 289 g/mol. The van der Waals surface area contributed by atoms with Gasteiger partial charge >= 0.3 is 0 Å². The lowest BCUT2D eigenvalue weighted by Crippen LogP contribution is -2.40. The summed E-state index contributed by atoms with van der Waals surface area (Å²) in [6, 6.07) is 16.4. The third kappa shape index (κ3) is 3.26. The lowest BCUT2D eigenvalue weighted by Gasteiger charge is -2.26. The van der Waals surface area contributed by atoms with Crippen LogP contribution in [0, 0.1) is 6.92 Å². The first-order valence-electron chi connectivity index (χ1n) is 6.47. The van der Waals surface area contributed by atoms with Gasteiger partial charge in [0.05, 0.1) is 10.4 Å². The Morgan fingerprint density at radius 3 is 2.00 bits per heavy atom. The fourth-order valence-electron chi connectivity index (χ4n) is 2.03. The van der Waals surface area contributed by atoms with Crippen molar-refractivity contribution >= 4 is 10.0 Å². The van der Waals surface area contributed by atoms with Gasteiger partial charge in [0, 0.05) is 0 Å². The van der Waals surface area contributed by atoms with Crippen LogP contribution in [-0.2, 0) is 15.6 Å². The van der Waals surface area contributed by atoms with E-state index in [0.29, 0.717) is 0 Å². The predicted molar refractivity (Wildman–Crippen MR) is 81.0 cm³/mol. The monoisotopic (exact) mass is 289 g/mol. The second kappa shape index (κ2) is 5.38. The Hall–Kier alpha value is -1.65. The lowest BCUT2D eigenvalue weighted by molar-refractivity contribution is 0.472. The molecular weight excluding hydrogens is 270 g/mol. The van der Waals surface area contributed by atoms with E-state index >= 15 is 0 Å². The van der Waals surface area contributed by atoms with Crippen LogP contribution < -0.4 is 4.72 Å². The zero-order valence-electron chi connectivity index (χ0n) is 11.9. The van der Waals surface area contributed by atoms with E-state index in [4.69, 9.17) is 0 Å². The van der Waals surface area contributed by atoms with Gasteiger partial charge in [-0.25, -0.2) is 13.1 Å². The molecule has 0 atom stereocenters. The molecule has 0 spiro atoms. The van der Waals surface area contributed by atoms with Crippen molar-refractivity contribution in [1.82, 2.24) is 4.72 Å². The summed E-state index contributed by atoms with van der Waals surface area (Å²) in [6.07, 6.45) is 0. The van der Waals surface area contributed by atoms with Gasteiger partial charge in [0.2, 0.25) is 10.0 Å². The van der Waals surface area contributed by atoms with Crippen LogP contribution >= 0.6 is 0 Å². The summed E-state index contributed by atoms with van der Waals surface area (Å²) in [5.74, 6) is 0. The second-order valence-corrected chi connectivity index (χ2v) is 7.09. The first kappa shape index (κ1) is 14.8. The Bertz CT molecular complexity index is 674. The number of aryl methyl sites for hydroxylation is 1. The van der Waals surface area contributed by atoms with Crippen molar-refractivity contribution in [2.45, 2.75) is 31.2 Å². The van der Waals surface area contributed by atoms with Crippen LogP contribution in [0.3, 0.4) is 0 Å². The molecule has 0 radical (unpaired) electrons.